The average Bonchev–Trinajstić information content (AvgIpc) is 3.35. The van der Waals surface area contributed by atoms with Crippen LogP contribution in [0.4, 0.5) is 0 Å². The monoisotopic (exact) mass is 554 g/mol. The molecule has 1 rings (SSSR count). The van der Waals surface area contributed by atoms with Crippen molar-refractivity contribution in [1.29, 1.82) is 0 Å². The van der Waals surface area contributed by atoms with Crippen LogP contribution in [-0.2, 0) is 35.2 Å². The molecule has 0 aliphatic carbocycles. The van der Waals surface area contributed by atoms with Gasteiger partial charge in [-0.3, -0.25) is 29.0 Å². The van der Waals surface area contributed by atoms with E-state index in [4.69, 9.17) is 22.9 Å². The summed E-state index contributed by atoms with van der Waals surface area (Å²) in [7, 11) is 0. The molecule has 0 saturated heterocycles. The van der Waals surface area contributed by atoms with Gasteiger partial charge >= 0.3 is 11.9 Å². The van der Waals surface area contributed by atoms with E-state index in [1.165, 1.54) is 12.5 Å². The van der Waals surface area contributed by atoms with Gasteiger partial charge in [0.15, 0.2) is 5.96 Å². The van der Waals surface area contributed by atoms with Crippen LogP contribution in [-0.4, -0.2) is 92.4 Å². The molecule has 4 unspecified atom stereocenters. The number of aromatic nitrogens is 2. The Labute approximate surface area is 222 Å². The Bertz CT molecular complexity index is 1040. The van der Waals surface area contributed by atoms with E-state index < -0.39 is 66.2 Å². The molecule has 1 aromatic heterocycles. The molecule has 39 heavy (non-hydrogen) atoms. The summed E-state index contributed by atoms with van der Waals surface area (Å²) < 4.78 is 0. The molecular formula is C21H34N10O8. The van der Waals surface area contributed by atoms with Gasteiger partial charge in [0, 0.05) is 31.3 Å². The number of aliphatic carboxylic acids is 2. The number of hydrogen-bond donors (Lipinski definition) is 10. The number of aromatic amines is 1. The largest absolute Gasteiger partial charge is 0.481 e. The Morgan fingerprint density at radius 3 is 2.08 bits per heavy atom. The third-order valence-electron chi connectivity index (χ3n) is 5.22. The van der Waals surface area contributed by atoms with Gasteiger partial charge in [0.1, 0.15) is 18.1 Å². The molecule has 0 saturated carbocycles. The molecule has 0 spiro atoms. The van der Waals surface area contributed by atoms with Crippen LogP contribution in [0.5, 0.6) is 0 Å². The van der Waals surface area contributed by atoms with E-state index >= 15 is 0 Å². The number of nitrogens with one attached hydrogen (secondary N) is 4. The Morgan fingerprint density at radius 2 is 1.54 bits per heavy atom. The van der Waals surface area contributed by atoms with Gasteiger partial charge in [0.2, 0.25) is 23.6 Å². The van der Waals surface area contributed by atoms with E-state index in [0.717, 1.165) is 0 Å². The number of amides is 4. The molecule has 1 heterocycles. The van der Waals surface area contributed by atoms with Crippen molar-refractivity contribution in [2.24, 2.45) is 27.9 Å². The molecule has 0 bridgehead atoms. The standard InChI is InChI=1S/C21H34N10O8/c22-11(3-4-15(23)32)17(35)30-13(6-10-8-26-9-28-10)18(36)31-14(7-16(33)34)19(37)29-12(20(38)39)2-1-5-27-21(24)25/h8-9,11-14H,1-7,22H2,(H2,23,32)(H,26,28)(H,29,37)(H,30,35)(H,31,36)(H,33,34)(H,38,39)(H4,24,25,27). The van der Waals surface area contributed by atoms with Crippen LogP contribution in [0.1, 0.15) is 37.8 Å². The minimum Gasteiger partial charge on any atom is -0.481 e. The number of hydrogen-bond acceptors (Lipinski definition) is 9. The fourth-order valence-electron chi connectivity index (χ4n) is 3.22. The predicted octanol–water partition coefficient (Wildman–Crippen LogP) is -4.39. The second-order valence-electron chi connectivity index (χ2n) is 8.46. The Balaban J connectivity index is 3.01. The van der Waals surface area contributed by atoms with Gasteiger partial charge in [-0.15, -0.1) is 0 Å². The smallest absolute Gasteiger partial charge is 0.326 e. The van der Waals surface area contributed by atoms with Gasteiger partial charge in [-0.05, 0) is 19.3 Å². The highest BCUT2D eigenvalue weighted by Crippen LogP contribution is 2.05. The summed E-state index contributed by atoms with van der Waals surface area (Å²) in [6.45, 7) is 0.0911. The molecule has 216 valence electrons. The van der Waals surface area contributed by atoms with E-state index in [0.29, 0.717) is 5.69 Å². The Hall–Kier alpha value is -4.74. The highest BCUT2D eigenvalue weighted by Gasteiger charge is 2.32. The first kappa shape index (κ1) is 32.3. The quantitative estimate of drug-likeness (QED) is 0.0467. The summed E-state index contributed by atoms with van der Waals surface area (Å²) in [6.07, 6.45) is 1.48. The predicted molar refractivity (Wildman–Crippen MR) is 134 cm³/mol. The molecule has 0 aromatic carbocycles. The number of rotatable bonds is 18. The first-order valence-electron chi connectivity index (χ1n) is 11.7. The zero-order chi connectivity index (χ0) is 29.5. The van der Waals surface area contributed by atoms with Crippen molar-refractivity contribution < 1.29 is 39.0 Å². The van der Waals surface area contributed by atoms with Gasteiger partial charge in [-0.1, -0.05) is 0 Å². The molecule has 14 N–H and O–H groups in total. The lowest BCUT2D eigenvalue weighted by Gasteiger charge is -2.24. The summed E-state index contributed by atoms with van der Waals surface area (Å²) in [5, 5.41) is 25.5. The minimum atomic E-state index is -1.70. The van der Waals surface area contributed by atoms with Crippen LogP contribution in [0.15, 0.2) is 17.5 Å². The maximum absolute atomic E-state index is 13.1. The summed E-state index contributed by atoms with van der Waals surface area (Å²) in [5.41, 5.74) is 21.7. The van der Waals surface area contributed by atoms with Crippen LogP contribution < -0.4 is 38.9 Å². The van der Waals surface area contributed by atoms with Crippen LogP contribution in [0, 0.1) is 0 Å². The first-order valence-corrected chi connectivity index (χ1v) is 11.7. The number of aliphatic imine (C=N–C) groups is 1. The van der Waals surface area contributed by atoms with E-state index in [9.17, 15) is 39.0 Å². The van der Waals surface area contributed by atoms with Crippen molar-refractivity contribution in [2.45, 2.75) is 62.7 Å². The number of carbonyl (C=O) groups excluding carboxylic acids is 4. The van der Waals surface area contributed by atoms with Crippen molar-refractivity contribution in [3.8, 4) is 0 Å². The van der Waals surface area contributed by atoms with Crippen LogP contribution >= 0.6 is 0 Å². The Morgan fingerprint density at radius 1 is 0.923 bits per heavy atom. The van der Waals surface area contributed by atoms with Gasteiger partial charge in [-0.25, -0.2) is 9.78 Å². The van der Waals surface area contributed by atoms with E-state index in [1.54, 1.807) is 0 Å². The minimum absolute atomic E-state index is 0.0900. The van der Waals surface area contributed by atoms with E-state index in [1.807, 2.05) is 0 Å². The Kier molecular flexibility index (Phi) is 13.4. The van der Waals surface area contributed by atoms with E-state index in [-0.39, 0.29) is 44.6 Å². The molecule has 0 aliphatic rings. The molecule has 4 atom stereocenters. The number of carboxylic acid groups (broad SMARTS) is 2. The number of H-pyrrole nitrogens is 1. The number of nitrogens with zero attached hydrogens (tertiary/aromatic N) is 2. The van der Waals surface area contributed by atoms with Gasteiger partial charge in [0.25, 0.3) is 0 Å². The molecule has 1 aromatic rings. The van der Waals surface area contributed by atoms with Crippen molar-refractivity contribution in [1.82, 2.24) is 25.9 Å². The number of carboxylic acids is 2. The zero-order valence-electron chi connectivity index (χ0n) is 21.0. The second-order valence-corrected chi connectivity index (χ2v) is 8.46. The summed E-state index contributed by atoms with van der Waals surface area (Å²) >= 11 is 0. The number of imidazole rings is 1. The first-order chi connectivity index (χ1) is 18.3. The van der Waals surface area contributed by atoms with Crippen molar-refractivity contribution >= 4 is 41.5 Å². The number of primary amides is 1. The number of nitrogens with two attached hydrogens (primary N) is 4. The van der Waals surface area contributed by atoms with Crippen molar-refractivity contribution in [3.05, 3.63) is 18.2 Å². The fourth-order valence-corrected chi connectivity index (χ4v) is 3.22. The third kappa shape index (κ3) is 12.9. The van der Waals surface area contributed by atoms with Crippen LogP contribution in [0.2, 0.25) is 0 Å². The van der Waals surface area contributed by atoms with Crippen molar-refractivity contribution in [3.63, 3.8) is 0 Å². The SMILES string of the molecule is NC(=O)CCC(N)C(=O)NC(Cc1cnc[nH]1)C(=O)NC(CC(=O)O)C(=O)NC(CCCN=C(N)N)C(=O)O. The second kappa shape index (κ2) is 16.2. The zero-order valence-corrected chi connectivity index (χ0v) is 21.0. The molecule has 0 aliphatic heterocycles. The van der Waals surface area contributed by atoms with Gasteiger partial charge < -0.3 is 54.1 Å². The summed E-state index contributed by atoms with van der Waals surface area (Å²) in [6, 6.07) is -5.66. The lowest BCUT2D eigenvalue weighted by Crippen LogP contribution is -2.58. The van der Waals surface area contributed by atoms with Gasteiger partial charge in [-0.2, -0.15) is 0 Å². The molecule has 4 amide bonds. The number of guanidine groups is 1. The topological polar surface area (TPSA) is 324 Å². The summed E-state index contributed by atoms with van der Waals surface area (Å²) in [4.78, 5) is 82.7. The lowest BCUT2D eigenvalue weighted by molar-refractivity contribution is -0.143. The maximum Gasteiger partial charge on any atom is 0.326 e. The third-order valence-corrected chi connectivity index (χ3v) is 5.22. The molecule has 0 radical (unpaired) electrons. The average molecular weight is 555 g/mol. The molecule has 18 nitrogen and oxygen atoms in total. The van der Waals surface area contributed by atoms with Gasteiger partial charge in [0.05, 0.1) is 18.8 Å². The molecular weight excluding hydrogens is 520 g/mol. The highest BCUT2D eigenvalue weighted by molar-refractivity contribution is 5.95. The summed E-state index contributed by atoms with van der Waals surface area (Å²) in [5.74, 6) is -6.57. The molecule has 18 heteroatoms. The lowest BCUT2D eigenvalue weighted by atomic mass is 10.1. The molecule has 0 fully saturated rings. The van der Waals surface area contributed by atoms with Crippen molar-refractivity contribution in [2.75, 3.05) is 6.54 Å². The normalized spacial score (nSPS) is 13.7. The van der Waals surface area contributed by atoms with Crippen LogP contribution in [0.25, 0.3) is 0 Å². The fraction of sp³-hybridized carbons (Fsp3) is 0.524. The maximum atomic E-state index is 13.1. The highest BCUT2D eigenvalue weighted by atomic mass is 16.4. The van der Waals surface area contributed by atoms with Crippen LogP contribution in [0.3, 0.4) is 0 Å². The number of carbonyl (C=O) groups is 6. The van der Waals surface area contributed by atoms with E-state index in [2.05, 4.69) is 30.9 Å².